The Morgan fingerprint density at radius 1 is 1.22 bits per heavy atom. The summed E-state index contributed by atoms with van der Waals surface area (Å²) in [5.74, 6) is 0.405. The summed E-state index contributed by atoms with van der Waals surface area (Å²) in [6, 6.07) is 9.32. The largest absolute Gasteiger partial charge is 0.493 e. The molecule has 6 heteroatoms. The van der Waals surface area contributed by atoms with Crippen molar-refractivity contribution in [1.29, 1.82) is 0 Å². The molecule has 5 nitrogen and oxygen atoms in total. The number of anilines is 1. The summed E-state index contributed by atoms with van der Waals surface area (Å²) in [6.45, 7) is 4.56. The average molecular weight is 388 g/mol. The van der Waals surface area contributed by atoms with Crippen molar-refractivity contribution in [1.82, 2.24) is 0 Å². The van der Waals surface area contributed by atoms with Gasteiger partial charge in [0.25, 0.3) is 0 Å². The SMILES string of the molecule is CCOC(=O)Cc1cccc(OCC)c1-c1coc2c(NC)cc(Cl)cc12. The van der Waals surface area contributed by atoms with Gasteiger partial charge in [-0.25, -0.2) is 0 Å². The summed E-state index contributed by atoms with van der Waals surface area (Å²) in [7, 11) is 1.81. The maximum Gasteiger partial charge on any atom is 0.310 e. The van der Waals surface area contributed by atoms with Crippen molar-refractivity contribution in [3.63, 3.8) is 0 Å². The van der Waals surface area contributed by atoms with Gasteiger partial charge in [0.2, 0.25) is 0 Å². The highest BCUT2D eigenvalue weighted by atomic mass is 35.5. The predicted octanol–water partition coefficient (Wildman–Crippen LogP) is 5.30. The summed E-state index contributed by atoms with van der Waals surface area (Å²) in [5.41, 5.74) is 3.95. The van der Waals surface area contributed by atoms with E-state index in [0.29, 0.717) is 29.6 Å². The third-order valence-corrected chi connectivity index (χ3v) is 4.45. The molecule has 2 aromatic carbocycles. The molecule has 3 aromatic rings. The van der Waals surface area contributed by atoms with Crippen molar-refractivity contribution in [2.75, 3.05) is 25.6 Å². The van der Waals surface area contributed by atoms with Crippen LogP contribution in [0.4, 0.5) is 5.69 Å². The number of carbonyl (C=O) groups excluding carboxylic acids is 1. The highest BCUT2D eigenvalue weighted by Crippen LogP contribution is 2.42. The van der Waals surface area contributed by atoms with Gasteiger partial charge in [-0.2, -0.15) is 0 Å². The van der Waals surface area contributed by atoms with Crippen molar-refractivity contribution in [3.8, 4) is 16.9 Å². The van der Waals surface area contributed by atoms with Crippen LogP contribution in [0, 0.1) is 0 Å². The van der Waals surface area contributed by atoms with E-state index in [9.17, 15) is 4.79 Å². The highest BCUT2D eigenvalue weighted by Gasteiger charge is 2.20. The van der Waals surface area contributed by atoms with E-state index in [1.165, 1.54) is 0 Å². The van der Waals surface area contributed by atoms with Crippen LogP contribution in [0.2, 0.25) is 5.02 Å². The van der Waals surface area contributed by atoms with Gasteiger partial charge in [0.1, 0.15) is 5.75 Å². The molecule has 0 amide bonds. The van der Waals surface area contributed by atoms with Gasteiger partial charge in [-0.15, -0.1) is 0 Å². The number of hydrogen-bond donors (Lipinski definition) is 1. The fraction of sp³-hybridized carbons (Fsp3) is 0.286. The van der Waals surface area contributed by atoms with Crippen molar-refractivity contribution < 1.29 is 18.7 Å². The van der Waals surface area contributed by atoms with E-state index < -0.39 is 0 Å². The van der Waals surface area contributed by atoms with Crippen LogP contribution in [0.15, 0.2) is 41.0 Å². The molecule has 0 bridgehead atoms. The molecular formula is C21H22ClNO4. The number of furan rings is 1. The first kappa shape index (κ1) is 19.1. The number of nitrogens with one attached hydrogen (secondary N) is 1. The zero-order chi connectivity index (χ0) is 19.4. The van der Waals surface area contributed by atoms with E-state index in [0.717, 1.165) is 27.8 Å². The molecule has 0 atom stereocenters. The fourth-order valence-electron chi connectivity index (χ4n) is 3.15. The molecule has 0 radical (unpaired) electrons. The number of carbonyl (C=O) groups is 1. The minimum atomic E-state index is -0.283. The van der Waals surface area contributed by atoms with Crippen molar-refractivity contribution >= 4 is 34.2 Å². The van der Waals surface area contributed by atoms with Gasteiger partial charge in [-0.1, -0.05) is 23.7 Å². The van der Waals surface area contributed by atoms with Gasteiger partial charge < -0.3 is 19.2 Å². The topological polar surface area (TPSA) is 60.7 Å². The van der Waals surface area contributed by atoms with Gasteiger partial charge in [-0.05, 0) is 37.6 Å². The van der Waals surface area contributed by atoms with E-state index >= 15 is 0 Å². The van der Waals surface area contributed by atoms with Crippen molar-refractivity contribution in [2.24, 2.45) is 0 Å². The Morgan fingerprint density at radius 2 is 2.04 bits per heavy atom. The van der Waals surface area contributed by atoms with Gasteiger partial charge in [0, 0.05) is 28.6 Å². The van der Waals surface area contributed by atoms with Gasteiger partial charge in [0.05, 0.1) is 31.6 Å². The second-order valence-corrected chi connectivity index (χ2v) is 6.37. The molecule has 0 fully saturated rings. The Hall–Kier alpha value is -2.66. The van der Waals surface area contributed by atoms with Crippen LogP contribution in [0.1, 0.15) is 19.4 Å². The van der Waals surface area contributed by atoms with Crippen LogP contribution < -0.4 is 10.1 Å². The summed E-state index contributed by atoms with van der Waals surface area (Å²) < 4.78 is 16.8. The van der Waals surface area contributed by atoms with Crippen LogP contribution in [-0.4, -0.2) is 26.2 Å². The van der Waals surface area contributed by atoms with Gasteiger partial charge >= 0.3 is 5.97 Å². The molecule has 0 unspecified atom stereocenters. The molecule has 0 saturated carbocycles. The van der Waals surface area contributed by atoms with Crippen LogP contribution in [0.5, 0.6) is 5.75 Å². The molecule has 142 valence electrons. The smallest absolute Gasteiger partial charge is 0.310 e. The minimum Gasteiger partial charge on any atom is -0.493 e. The van der Waals surface area contributed by atoms with E-state index in [-0.39, 0.29) is 12.4 Å². The van der Waals surface area contributed by atoms with Crippen LogP contribution >= 0.6 is 11.6 Å². The standard InChI is InChI=1S/C21H22ClNO4/c1-4-25-18-8-6-7-13(9-19(24)26-5-2)20(18)16-12-27-21-15(16)10-14(22)11-17(21)23-3/h6-8,10-12,23H,4-5,9H2,1-3H3. The highest BCUT2D eigenvalue weighted by molar-refractivity contribution is 6.32. The molecule has 0 aliphatic rings. The summed E-state index contributed by atoms with van der Waals surface area (Å²) in [5, 5.41) is 4.54. The molecule has 1 N–H and O–H groups in total. The summed E-state index contributed by atoms with van der Waals surface area (Å²) >= 11 is 6.30. The maximum atomic E-state index is 12.1. The Bertz CT molecular complexity index is 964. The zero-order valence-corrected chi connectivity index (χ0v) is 16.4. The Morgan fingerprint density at radius 3 is 2.74 bits per heavy atom. The number of hydrogen-bond acceptors (Lipinski definition) is 5. The third-order valence-electron chi connectivity index (χ3n) is 4.23. The predicted molar refractivity (Wildman–Crippen MR) is 108 cm³/mol. The van der Waals surface area contributed by atoms with Crippen LogP contribution in [-0.2, 0) is 16.0 Å². The molecule has 0 spiro atoms. The van der Waals surface area contributed by atoms with E-state index in [1.807, 2.05) is 44.3 Å². The first-order valence-corrected chi connectivity index (χ1v) is 9.26. The molecule has 1 heterocycles. The number of halogens is 1. The molecule has 0 aliphatic heterocycles. The van der Waals surface area contributed by atoms with E-state index in [4.69, 9.17) is 25.5 Å². The Kier molecular flexibility index (Phi) is 5.91. The molecule has 0 saturated heterocycles. The van der Waals surface area contributed by atoms with Crippen LogP contribution in [0.25, 0.3) is 22.1 Å². The van der Waals surface area contributed by atoms with Crippen molar-refractivity contribution in [3.05, 3.63) is 47.2 Å². The Balaban J connectivity index is 2.21. The molecule has 1 aromatic heterocycles. The quantitative estimate of drug-likeness (QED) is 0.557. The average Bonchev–Trinajstić information content (AvgIpc) is 3.05. The van der Waals surface area contributed by atoms with Crippen LogP contribution in [0.3, 0.4) is 0 Å². The minimum absolute atomic E-state index is 0.149. The van der Waals surface area contributed by atoms with Gasteiger partial charge in [-0.3, -0.25) is 4.79 Å². The lowest BCUT2D eigenvalue weighted by molar-refractivity contribution is -0.142. The maximum absolute atomic E-state index is 12.1. The number of esters is 1. The van der Waals surface area contributed by atoms with Gasteiger partial charge in [0.15, 0.2) is 5.58 Å². The first-order valence-electron chi connectivity index (χ1n) is 8.88. The third kappa shape index (κ3) is 3.88. The second-order valence-electron chi connectivity index (χ2n) is 5.93. The monoisotopic (exact) mass is 387 g/mol. The lowest BCUT2D eigenvalue weighted by Gasteiger charge is -2.14. The summed E-state index contributed by atoms with van der Waals surface area (Å²) in [4.78, 5) is 12.1. The van der Waals surface area contributed by atoms with E-state index in [2.05, 4.69) is 5.32 Å². The first-order chi connectivity index (χ1) is 13.1. The fourth-order valence-corrected chi connectivity index (χ4v) is 3.37. The number of benzene rings is 2. The lowest BCUT2D eigenvalue weighted by atomic mass is 9.96. The molecule has 0 aliphatic carbocycles. The molecule has 3 rings (SSSR count). The molecular weight excluding hydrogens is 366 g/mol. The summed E-state index contributed by atoms with van der Waals surface area (Å²) in [6.07, 6.45) is 1.82. The van der Waals surface area contributed by atoms with Crippen molar-refractivity contribution in [2.45, 2.75) is 20.3 Å². The zero-order valence-electron chi connectivity index (χ0n) is 15.6. The molecule has 27 heavy (non-hydrogen) atoms. The van der Waals surface area contributed by atoms with E-state index in [1.54, 1.807) is 13.2 Å². The number of fused-ring (bicyclic) bond motifs is 1. The number of rotatable bonds is 7. The second kappa shape index (κ2) is 8.35. The number of ether oxygens (including phenoxy) is 2. The lowest BCUT2D eigenvalue weighted by Crippen LogP contribution is -2.09. The normalized spacial score (nSPS) is 10.8. The Labute approximate surface area is 163 Å².